The minimum Gasteiger partial charge on any atom is -0.445 e. The summed E-state index contributed by atoms with van der Waals surface area (Å²) in [6.07, 6.45) is 29.1. The summed E-state index contributed by atoms with van der Waals surface area (Å²) < 4.78 is 15.6. The van der Waals surface area contributed by atoms with Gasteiger partial charge in [0.05, 0.1) is 0 Å². The van der Waals surface area contributed by atoms with Crippen molar-refractivity contribution in [2.24, 2.45) is 0 Å². The van der Waals surface area contributed by atoms with E-state index in [0.29, 0.717) is 11.5 Å². The first-order valence-corrected chi connectivity index (χ1v) is 13.6. The molecule has 1 rings (SSSR count). The van der Waals surface area contributed by atoms with Crippen LogP contribution in [-0.2, 0) is 19.1 Å². The van der Waals surface area contributed by atoms with E-state index in [9.17, 15) is 9.59 Å². The summed E-state index contributed by atoms with van der Waals surface area (Å²) in [6, 6.07) is 3.73. The summed E-state index contributed by atoms with van der Waals surface area (Å²) in [5, 5.41) is 0. The Morgan fingerprint density at radius 3 is 1.54 bits per heavy atom. The molecule has 0 amide bonds. The van der Waals surface area contributed by atoms with Gasteiger partial charge in [-0.25, -0.2) is 0 Å². The zero-order valence-corrected chi connectivity index (χ0v) is 23.3. The molecule has 0 aliphatic carbocycles. The highest BCUT2D eigenvalue weighted by molar-refractivity contribution is 5.67. The van der Waals surface area contributed by atoms with Gasteiger partial charge in [0.2, 0.25) is 0 Å². The van der Waals surface area contributed by atoms with E-state index >= 15 is 0 Å². The Kier molecular flexibility index (Phi) is 18.6. The maximum atomic E-state index is 10.9. The Hall–Kier alpha value is -4.06. The summed E-state index contributed by atoms with van der Waals surface area (Å²) in [5.74, 6) is 17.9. The highest BCUT2D eigenvalue weighted by atomic mass is 16.5. The third kappa shape index (κ3) is 18.8. The van der Waals surface area contributed by atoms with Crippen molar-refractivity contribution in [2.45, 2.75) is 103 Å². The third-order valence-electron chi connectivity index (χ3n) is 5.41. The van der Waals surface area contributed by atoms with Gasteiger partial charge >= 0.3 is 11.9 Å². The summed E-state index contributed by atoms with van der Waals surface area (Å²) in [5.41, 5.74) is 0. The van der Waals surface area contributed by atoms with Gasteiger partial charge in [-0.2, -0.15) is 0 Å². The van der Waals surface area contributed by atoms with Crippen LogP contribution in [0.3, 0.4) is 0 Å². The smallest absolute Gasteiger partial charge is 0.304 e. The number of hydrogen-bond donors (Lipinski definition) is 0. The minimum absolute atomic E-state index is 0.373. The molecule has 0 aromatic carbocycles. The first-order chi connectivity index (χ1) is 18.9. The van der Waals surface area contributed by atoms with E-state index in [1.54, 1.807) is 12.2 Å². The second-order valence-corrected chi connectivity index (χ2v) is 8.92. The quantitative estimate of drug-likeness (QED) is 0.101. The number of furan rings is 1. The molecule has 0 aliphatic heterocycles. The maximum absolute atomic E-state index is 10.9. The number of allylic oxidation sites excluding steroid dienone is 2. The molecule has 0 saturated heterocycles. The van der Waals surface area contributed by atoms with Gasteiger partial charge in [0, 0.05) is 26.7 Å². The van der Waals surface area contributed by atoms with E-state index < -0.39 is 12.2 Å². The van der Waals surface area contributed by atoms with Crippen molar-refractivity contribution in [1.29, 1.82) is 0 Å². The maximum Gasteiger partial charge on any atom is 0.304 e. The van der Waals surface area contributed by atoms with Crippen LogP contribution in [0.4, 0.5) is 0 Å². The molecule has 1 aromatic heterocycles. The summed E-state index contributed by atoms with van der Waals surface area (Å²) in [4.78, 5) is 21.8. The van der Waals surface area contributed by atoms with Gasteiger partial charge < -0.3 is 13.9 Å². The summed E-state index contributed by atoms with van der Waals surface area (Å²) >= 11 is 0. The van der Waals surface area contributed by atoms with Crippen molar-refractivity contribution in [2.75, 3.05) is 0 Å². The fourth-order valence-electron chi connectivity index (χ4n) is 3.48. The lowest BCUT2D eigenvalue weighted by Crippen LogP contribution is -2.10. The van der Waals surface area contributed by atoms with Gasteiger partial charge in [-0.15, -0.1) is 12.8 Å². The molecule has 0 fully saturated rings. The monoisotopic (exact) mass is 528 g/mol. The number of terminal acetylenes is 2. The molecule has 0 radical (unpaired) electrons. The molecule has 39 heavy (non-hydrogen) atoms. The first-order valence-electron chi connectivity index (χ1n) is 13.6. The molecule has 0 aliphatic rings. The molecule has 0 bridgehead atoms. The zero-order chi connectivity index (χ0) is 28.6. The molecule has 1 aromatic rings. The lowest BCUT2D eigenvalue weighted by molar-refractivity contribution is -0.143. The number of carbonyl (C=O) groups is 2. The van der Waals surface area contributed by atoms with Crippen LogP contribution in [0.15, 0.2) is 40.9 Å². The molecular weight excluding hydrogens is 488 g/mol. The van der Waals surface area contributed by atoms with E-state index in [1.807, 2.05) is 24.3 Å². The van der Waals surface area contributed by atoms with Gasteiger partial charge in [-0.1, -0.05) is 61.5 Å². The summed E-state index contributed by atoms with van der Waals surface area (Å²) in [6.45, 7) is 2.70. The van der Waals surface area contributed by atoms with Crippen LogP contribution in [0.25, 0.3) is 0 Å². The van der Waals surface area contributed by atoms with Crippen molar-refractivity contribution in [1.82, 2.24) is 0 Å². The topological polar surface area (TPSA) is 65.7 Å². The normalized spacial score (nSPS) is 11.9. The average molecular weight is 529 g/mol. The molecule has 0 saturated carbocycles. The van der Waals surface area contributed by atoms with Crippen molar-refractivity contribution in [3.8, 4) is 48.4 Å². The molecule has 0 unspecified atom stereocenters. The van der Waals surface area contributed by atoms with Gasteiger partial charge in [-0.3, -0.25) is 9.59 Å². The SMILES string of the molecule is C#C[C@H](/C=C/CCCCCCC#Cc1ccc(C#CCCCCCC/C=C/[C@@H](C#C)OC(C)=O)o1)OC(C)=O. The molecule has 1 heterocycles. The van der Waals surface area contributed by atoms with E-state index in [4.69, 9.17) is 26.7 Å². The van der Waals surface area contributed by atoms with Gasteiger partial charge in [0.25, 0.3) is 0 Å². The first kappa shape index (κ1) is 33.0. The van der Waals surface area contributed by atoms with Crippen LogP contribution in [0.5, 0.6) is 0 Å². The van der Waals surface area contributed by atoms with Crippen LogP contribution < -0.4 is 0 Å². The molecule has 2 atom stereocenters. The minimum atomic E-state index is -0.577. The van der Waals surface area contributed by atoms with E-state index in [2.05, 4.69) is 35.5 Å². The van der Waals surface area contributed by atoms with Gasteiger partial charge in [-0.05, 0) is 74.7 Å². The molecule has 0 N–H and O–H groups in total. The number of rotatable bonds is 16. The van der Waals surface area contributed by atoms with Crippen LogP contribution in [0.1, 0.15) is 102 Å². The molecule has 5 heteroatoms. The molecule has 0 spiro atoms. The van der Waals surface area contributed by atoms with Crippen molar-refractivity contribution >= 4 is 11.9 Å². The zero-order valence-electron chi connectivity index (χ0n) is 23.3. The van der Waals surface area contributed by atoms with Crippen LogP contribution in [0, 0.1) is 48.4 Å². The van der Waals surface area contributed by atoms with Gasteiger partial charge in [0.15, 0.2) is 23.7 Å². The van der Waals surface area contributed by atoms with Crippen molar-refractivity contribution in [3.05, 3.63) is 48.0 Å². The largest absolute Gasteiger partial charge is 0.445 e. The van der Waals surface area contributed by atoms with Crippen LogP contribution in [0.2, 0.25) is 0 Å². The number of ether oxygens (including phenoxy) is 2. The highest BCUT2D eigenvalue weighted by Gasteiger charge is 2.03. The predicted octanol–water partition coefficient (Wildman–Crippen LogP) is 6.91. The Balaban J connectivity index is 2.11. The molecule has 5 nitrogen and oxygen atoms in total. The second-order valence-electron chi connectivity index (χ2n) is 8.92. The lowest BCUT2D eigenvalue weighted by atomic mass is 10.1. The van der Waals surface area contributed by atoms with E-state index in [1.165, 1.54) is 13.8 Å². The number of unbranched alkanes of at least 4 members (excludes halogenated alkanes) is 10. The fraction of sp³-hybridized carbons (Fsp3) is 0.471. The van der Waals surface area contributed by atoms with E-state index in [-0.39, 0.29) is 11.9 Å². The Bertz CT molecular complexity index is 1040. The number of carbonyl (C=O) groups excluding carboxylic acids is 2. The second kappa shape index (κ2) is 22.0. The third-order valence-corrected chi connectivity index (χ3v) is 5.41. The predicted molar refractivity (Wildman–Crippen MR) is 155 cm³/mol. The Morgan fingerprint density at radius 1 is 0.744 bits per heavy atom. The molecule has 206 valence electrons. The summed E-state index contributed by atoms with van der Waals surface area (Å²) in [7, 11) is 0. The van der Waals surface area contributed by atoms with Crippen LogP contribution >= 0.6 is 0 Å². The molecular formula is C34H40O5. The highest BCUT2D eigenvalue weighted by Crippen LogP contribution is 2.09. The van der Waals surface area contributed by atoms with Crippen molar-refractivity contribution < 1.29 is 23.5 Å². The average Bonchev–Trinajstić information content (AvgIpc) is 3.36. The standard InChI is InChI=1S/C34H40O5/c1-5-31(37-29(3)35)23-19-15-11-7-9-13-17-21-25-33-27-28-34(39-33)26-22-18-14-10-8-12-16-20-24-32(6-2)38-30(4)36/h1-2,19-20,23-24,27-28,31-32H,7-18H2,3-4H3/b23-19+,24-20+/t31-,32-/m1/s1. The van der Waals surface area contributed by atoms with Crippen LogP contribution in [-0.4, -0.2) is 24.1 Å². The fourth-order valence-corrected chi connectivity index (χ4v) is 3.48. The number of esters is 2. The number of hydrogen-bond acceptors (Lipinski definition) is 5. The Labute approximate surface area is 234 Å². The lowest BCUT2D eigenvalue weighted by Gasteiger charge is -2.04. The Morgan fingerprint density at radius 2 is 1.15 bits per heavy atom. The van der Waals surface area contributed by atoms with Crippen molar-refractivity contribution in [3.63, 3.8) is 0 Å². The van der Waals surface area contributed by atoms with E-state index in [0.717, 1.165) is 77.0 Å². The van der Waals surface area contributed by atoms with Gasteiger partial charge in [0.1, 0.15) is 0 Å².